The molecule has 2 nitrogen and oxygen atoms in total. The van der Waals surface area contributed by atoms with E-state index in [0.29, 0.717) is 17.2 Å². The highest BCUT2D eigenvalue weighted by atomic mass is 35.5. The van der Waals surface area contributed by atoms with Crippen LogP contribution in [0.3, 0.4) is 0 Å². The lowest BCUT2D eigenvalue weighted by Crippen LogP contribution is -1.91. The number of ether oxygens (including phenoxy) is 1. The molecule has 0 heterocycles. The third-order valence-corrected chi connectivity index (χ3v) is 1.88. The molecule has 0 amide bonds. The van der Waals surface area contributed by atoms with Crippen LogP contribution in [0.15, 0.2) is 18.2 Å². The first-order valence-electron chi connectivity index (χ1n) is 3.45. The van der Waals surface area contributed by atoms with Gasteiger partial charge in [-0.25, -0.2) is 0 Å². The van der Waals surface area contributed by atoms with Gasteiger partial charge in [0.25, 0.3) is 0 Å². The van der Waals surface area contributed by atoms with Gasteiger partial charge in [-0.3, -0.25) is 0 Å². The van der Waals surface area contributed by atoms with E-state index in [-0.39, 0.29) is 0 Å². The summed E-state index contributed by atoms with van der Waals surface area (Å²) < 4.78 is 5.00. The van der Waals surface area contributed by atoms with Gasteiger partial charge in [0.15, 0.2) is 0 Å². The Morgan fingerprint density at radius 3 is 2.83 bits per heavy atom. The average Bonchev–Trinajstić information content (AvgIpc) is 2.16. The fraction of sp³-hybridized carbons (Fsp3) is 0.222. The highest BCUT2D eigenvalue weighted by Gasteiger charge is 2.05. The minimum Gasteiger partial charge on any atom is -0.495 e. The van der Waals surface area contributed by atoms with Gasteiger partial charge in [-0.1, -0.05) is 12.1 Å². The zero-order valence-electron chi connectivity index (χ0n) is 6.67. The minimum atomic E-state index is 0.333. The van der Waals surface area contributed by atoms with E-state index in [1.165, 1.54) is 7.11 Å². The van der Waals surface area contributed by atoms with Crippen LogP contribution in [0.2, 0.25) is 0 Å². The van der Waals surface area contributed by atoms with Crippen LogP contribution in [0.1, 0.15) is 11.1 Å². The highest BCUT2D eigenvalue weighted by molar-refractivity contribution is 6.17. The Morgan fingerprint density at radius 2 is 2.33 bits per heavy atom. The van der Waals surface area contributed by atoms with Crippen LogP contribution >= 0.6 is 11.6 Å². The Hall–Kier alpha value is -1.20. The van der Waals surface area contributed by atoms with Crippen LogP contribution < -0.4 is 4.74 Å². The highest BCUT2D eigenvalue weighted by Crippen LogP contribution is 2.21. The Morgan fingerprint density at radius 1 is 1.58 bits per heavy atom. The quantitative estimate of drug-likeness (QED) is 0.656. The number of methoxy groups -OCH3 is 1. The van der Waals surface area contributed by atoms with Crippen molar-refractivity contribution in [2.75, 3.05) is 7.11 Å². The van der Waals surface area contributed by atoms with Crippen LogP contribution in [0.5, 0.6) is 5.75 Å². The second-order valence-corrected chi connectivity index (χ2v) is 2.51. The molecular weight excluding hydrogens is 174 g/mol. The van der Waals surface area contributed by atoms with Crippen molar-refractivity contribution >= 4 is 11.6 Å². The van der Waals surface area contributed by atoms with E-state index in [1.54, 1.807) is 6.07 Å². The second-order valence-electron chi connectivity index (χ2n) is 2.24. The topological polar surface area (TPSA) is 33.0 Å². The predicted octanol–water partition coefficient (Wildman–Crippen LogP) is 2.31. The molecule has 0 aliphatic heterocycles. The molecule has 0 N–H and O–H groups in total. The summed E-state index contributed by atoms with van der Waals surface area (Å²) >= 11 is 5.63. The molecule has 0 radical (unpaired) electrons. The molecule has 0 saturated carbocycles. The fourth-order valence-electron chi connectivity index (χ4n) is 0.985. The molecule has 3 heteroatoms. The van der Waals surface area contributed by atoms with Crippen molar-refractivity contribution in [3.63, 3.8) is 0 Å². The molecule has 0 unspecified atom stereocenters. The van der Waals surface area contributed by atoms with E-state index < -0.39 is 0 Å². The molecule has 0 spiro atoms. The van der Waals surface area contributed by atoms with E-state index in [9.17, 15) is 0 Å². The molecule has 0 atom stereocenters. The standard InChI is InChI=1S/C9H8ClNO/c1-12-9-4-2-3-7(5-10)8(9)6-11/h2-4H,5H2,1H3. The van der Waals surface area contributed by atoms with Gasteiger partial charge in [0.05, 0.1) is 12.7 Å². The monoisotopic (exact) mass is 181 g/mol. The Balaban J connectivity index is 3.25. The lowest BCUT2D eigenvalue weighted by Gasteiger charge is -2.04. The van der Waals surface area contributed by atoms with Gasteiger partial charge in [0.1, 0.15) is 11.8 Å². The van der Waals surface area contributed by atoms with Crippen LogP contribution in [-0.4, -0.2) is 7.11 Å². The summed E-state index contributed by atoms with van der Waals surface area (Å²) in [5, 5.41) is 8.77. The van der Waals surface area contributed by atoms with Crippen molar-refractivity contribution in [2.45, 2.75) is 5.88 Å². The maximum absolute atomic E-state index is 8.77. The molecule has 0 aliphatic rings. The van der Waals surface area contributed by atoms with Gasteiger partial charge in [0.2, 0.25) is 0 Å². The molecule has 1 aromatic carbocycles. The normalized spacial score (nSPS) is 9.08. The van der Waals surface area contributed by atoms with Crippen LogP contribution in [-0.2, 0) is 5.88 Å². The van der Waals surface area contributed by atoms with E-state index >= 15 is 0 Å². The maximum atomic E-state index is 8.77. The third kappa shape index (κ3) is 1.51. The zero-order chi connectivity index (χ0) is 8.97. The minimum absolute atomic E-state index is 0.333. The Bertz CT molecular complexity index is 295. The van der Waals surface area contributed by atoms with E-state index in [4.69, 9.17) is 21.6 Å². The molecule has 0 fully saturated rings. The first kappa shape index (κ1) is 8.89. The first-order valence-corrected chi connectivity index (χ1v) is 3.99. The lowest BCUT2D eigenvalue weighted by atomic mass is 10.1. The van der Waals surface area contributed by atoms with Crippen molar-refractivity contribution in [2.24, 2.45) is 0 Å². The zero-order valence-corrected chi connectivity index (χ0v) is 7.43. The number of alkyl halides is 1. The summed E-state index contributed by atoms with van der Waals surface area (Å²) in [6, 6.07) is 7.43. The number of nitrogens with zero attached hydrogens (tertiary/aromatic N) is 1. The van der Waals surface area contributed by atoms with Gasteiger partial charge in [-0.2, -0.15) is 5.26 Å². The maximum Gasteiger partial charge on any atom is 0.136 e. The Labute approximate surface area is 76.3 Å². The van der Waals surface area contributed by atoms with Gasteiger partial charge >= 0.3 is 0 Å². The van der Waals surface area contributed by atoms with E-state index in [0.717, 1.165) is 5.56 Å². The number of benzene rings is 1. The van der Waals surface area contributed by atoms with Crippen molar-refractivity contribution in [3.8, 4) is 11.8 Å². The number of rotatable bonds is 2. The SMILES string of the molecule is COc1cccc(CCl)c1C#N. The molecule has 12 heavy (non-hydrogen) atoms. The second kappa shape index (κ2) is 3.99. The number of nitriles is 1. The van der Waals surface area contributed by atoms with Gasteiger partial charge < -0.3 is 4.74 Å². The fourth-order valence-corrected chi connectivity index (χ4v) is 1.21. The summed E-state index contributed by atoms with van der Waals surface area (Å²) in [4.78, 5) is 0. The van der Waals surface area contributed by atoms with Crippen molar-refractivity contribution in [1.82, 2.24) is 0 Å². The van der Waals surface area contributed by atoms with Crippen molar-refractivity contribution in [1.29, 1.82) is 5.26 Å². The third-order valence-electron chi connectivity index (χ3n) is 1.59. The molecule has 0 aromatic heterocycles. The van der Waals surface area contributed by atoms with Gasteiger partial charge in [-0.15, -0.1) is 11.6 Å². The summed E-state index contributed by atoms with van der Waals surface area (Å²) in [7, 11) is 1.54. The predicted molar refractivity (Wildman–Crippen MR) is 47.3 cm³/mol. The van der Waals surface area contributed by atoms with Crippen LogP contribution in [0.4, 0.5) is 0 Å². The van der Waals surface area contributed by atoms with E-state index in [2.05, 4.69) is 6.07 Å². The summed E-state index contributed by atoms with van der Waals surface area (Å²) in [5.41, 5.74) is 1.33. The lowest BCUT2D eigenvalue weighted by molar-refractivity contribution is 0.413. The largest absolute Gasteiger partial charge is 0.495 e. The number of halogens is 1. The van der Waals surface area contributed by atoms with Gasteiger partial charge in [0, 0.05) is 5.88 Å². The van der Waals surface area contributed by atoms with Crippen molar-refractivity contribution < 1.29 is 4.74 Å². The molecule has 1 aromatic rings. The Kier molecular flexibility index (Phi) is 2.95. The van der Waals surface area contributed by atoms with Gasteiger partial charge in [-0.05, 0) is 11.6 Å². The molecule has 0 aliphatic carbocycles. The molecular formula is C9H8ClNO. The first-order chi connectivity index (χ1) is 5.83. The van der Waals surface area contributed by atoms with Crippen LogP contribution in [0, 0.1) is 11.3 Å². The molecule has 0 bridgehead atoms. The summed E-state index contributed by atoms with van der Waals surface area (Å²) in [6.45, 7) is 0. The van der Waals surface area contributed by atoms with E-state index in [1.807, 2.05) is 12.1 Å². The number of hydrogen-bond donors (Lipinski definition) is 0. The summed E-state index contributed by atoms with van der Waals surface area (Å²) in [6.07, 6.45) is 0. The van der Waals surface area contributed by atoms with Crippen molar-refractivity contribution in [3.05, 3.63) is 29.3 Å². The molecule has 1 rings (SSSR count). The smallest absolute Gasteiger partial charge is 0.136 e. The summed E-state index contributed by atoms with van der Waals surface area (Å²) in [5.74, 6) is 0.913. The molecule has 0 saturated heterocycles. The molecule has 62 valence electrons. The van der Waals surface area contributed by atoms with Crippen LogP contribution in [0.25, 0.3) is 0 Å². The number of hydrogen-bond acceptors (Lipinski definition) is 2. The average molecular weight is 182 g/mol.